The van der Waals surface area contributed by atoms with E-state index < -0.39 is 0 Å². The van der Waals surface area contributed by atoms with Crippen molar-refractivity contribution in [1.82, 2.24) is 9.97 Å². The van der Waals surface area contributed by atoms with Crippen LogP contribution < -0.4 is 20.9 Å². The average Bonchev–Trinajstić information content (AvgIpc) is 3.15. The molecular weight excluding hydrogens is 316 g/mol. The first kappa shape index (κ1) is 17.1. The van der Waals surface area contributed by atoms with Crippen LogP contribution in [0.5, 0.6) is 17.2 Å². The van der Waals surface area contributed by atoms with Crippen LogP contribution in [0, 0.1) is 5.92 Å². The second-order valence-corrected chi connectivity index (χ2v) is 6.64. The number of rotatable bonds is 5. The van der Waals surface area contributed by atoms with Crippen LogP contribution in [0.15, 0.2) is 23.9 Å². The number of aromatic nitrogens is 2. The zero-order chi connectivity index (χ0) is 18.3. The molecule has 3 rings (SSSR count). The zero-order valence-corrected chi connectivity index (χ0v) is 15.3. The molecule has 0 saturated heterocycles. The van der Waals surface area contributed by atoms with Crippen molar-refractivity contribution in [1.29, 1.82) is 0 Å². The van der Waals surface area contributed by atoms with E-state index in [0.717, 1.165) is 22.6 Å². The SMILES string of the molecule is COc1cc(C(C)C)c(Oc2cnc(N)nc2N)cc1C1=C(C)[C@H]1C. The second kappa shape index (κ2) is 6.27. The first-order chi connectivity index (χ1) is 11.8. The summed E-state index contributed by atoms with van der Waals surface area (Å²) >= 11 is 0. The molecule has 25 heavy (non-hydrogen) atoms. The van der Waals surface area contributed by atoms with E-state index in [1.807, 2.05) is 12.1 Å². The molecule has 0 saturated carbocycles. The van der Waals surface area contributed by atoms with Crippen LogP contribution in [-0.2, 0) is 0 Å². The van der Waals surface area contributed by atoms with E-state index in [1.165, 1.54) is 17.3 Å². The van der Waals surface area contributed by atoms with Gasteiger partial charge >= 0.3 is 0 Å². The molecule has 1 heterocycles. The van der Waals surface area contributed by atoms with E-state index in [2.05, 4.69) is 37.7 Å². The Labute approximate surface area is 147 Å². The molecule has 0 fully saturated rings. The second-order valence-electron chi connectivity index (χ2n) is 6.64. The lowest BCUT2D eigenvalue weighted by atomic mass is 9.97. The summed E-state index contributed by atoms with van der Waals surface area (Å²) in [4.78, 5) is 7.92. The van der Waals surface area contributed by atoms with Crippen molar-refractivity contribution < 1.29 is 9.47 Å². The fraction of sp³-hybridized carbons (Fsp3) is 0.368. The molecule has 0 amide bonds. The highest BCUT2D eigenvalue weighted by molar-refractivity contribution is 5.88. The highest BCUT2D eigenvalue weighted by atomic mass is 16.5. The van der Waals surface area contributed by atoms with E-state index in [-0.39, 0.29) is 17.7 Å². The summed E-state index contributed by atoms with van der Waals surface area (Å²) in [6.45, 7) is 8.54. The maximum Gasteiger partial charge on any atom is 0.222 e. The number of allylic oxidation sites excluding steroid dienone is 2. The van der Waals surface area contributed by atoms with Gasteiger partial charge < -0.3 is 20.9 Å². The van der Waals surface area contributed by atoms with Crippen molar-refractivity contribution in [2.75, 3.05) is 18.6 Å². The Morgan fingerprint density at radius 3 is 2.32 bits per heavy atom. The molecule has 4 N–H and O–H groups in total. The summed E-state index contributed by atoms with van der Waals surface area (Å²) in [5, 5.41) is 0. The maximum atomic E-state index is 6.06. The minimum atomic E-state index is 0.122. The number of anilines is 2. The summed E-state index contributed by atoms with van der Waals surface area (Å²) in [6.07, 6.45) is 1.50. The Balaban J connectivity index is 2.09. The normalized spacial score (nSPS) is 16.3. The lowest BCUT2D eigenvalue weighted by molar-refractivity contribution is 0.409. The van der Waals surface area contributed by atoms with Crippen LogP contribution >= 0.6 is 0 Å². The van der Waals surface area contributed by atoms with Gasteiger partial charge in [-0.05, 0) is 30.5 Å². The third-order valence-corrected chi connectivity index (χ3v) is 4.69. The molecule has 2 aromatic rings. The highest BCUT2D eigenvalue weighted by Crippen LogP contribution is 2.51. The van der Waals surface area contributed by atoms with Crippen molar-refractivity contribution in [3.05, 3.63) is 35.0 Å². The van der Waals surface area contributed by atoms with Gasteiger partial charge in [-0.25, -0.2) is 4.98 Å². The van der Waals surface area contributed by atoms with Gasteiger partial charge in [-0.2, -0.15) is 4.98 Å². The molecule has 132 valence electrons. The standard InChI is InChI=1S/C19H24N4O2/c1-9(2)12-6-14(24-5)13(17-10(3)11(17)4)7-15(12)25-16-8-22-19(21)23-18(16)20/h6-10H,1-5H3,(H4,20,21,22,23)/t10-/m1/s1. The average molecular weight is 340 g/mol. The summed E-state index contributed by atoms with van der Waals surface area (Å²) in [5.74, 6) is 3.03. The zero-order valence-electron chi connectivity index (χ0n) is 15.3. The number of benzene rings is 1. The van der Waals surface area contributed by atoms with Crippen LogP contribution in [-0.4, -0.2) is 17.1 Å². The summed E-state index contributed by atoms with van der Waals surface area (Å²) in [6, 6.07) is 4.06. The first-order valence-electron chi connectivity index (χ1n) is 8.32. The van der Waals surface area contributed by atoms with Gasteiger partial charge in [0.25, 0.3) is 0 Å². The number of nitrogen functional groups attached to an aromatic ring is 2. The van der Waals surface area contributed by atoms with E-state index >= 15 is 0 Å². The van der Waals surface area contributed by atoms with Gasteiger partial charge in [0, 0.05) is 17.0 Å². The summed E-state index contributed by atoms with van der Waals surface area (Å²) in [7, 11) is 1.69. The van der Waals surface area contributed by atoms with Crippen molar-refractivity contribution in [3.8, 4) is 17.2 Å². The van der Waals surface area contributed by atoms with Crippen molar-refractivity contribution in [3.63, 3.8) is 0 Å². The van der Waals surface area contributed by atoms with Crippen LogP contribution in [0.1, 0.15) is 44.7 Å². The molecular formula is C19H24N4O2. The Morgan fingerprint density at radius 2 is 1.80 bits per heavy atom. The number of methoxy groups -OCH3 is 1. The molecule has 1 aliphatic carbocycles. The third kappa shape index (κ3) is 3.12. The topological polar surface area (TPSA) is 96.3 Å². The van der Waals surface area contributed by atoms with Gasteiger partial charge in [-0.15, -0.1) is 0 Å². The van der Waals surface area contributed by atoms with Gasteiger partial charge in [-0.1, -0.05) is 26.3 Å². The predicted octanol–water partition coefficient (Wildman–Crippen LogP) is 3.99. The van der Waals surface area contributed by atoms with E-state index in [4.69, 9.17) is 20.9 Å². The molecule has 1 atom stereocenters. The quantitative estimate of drug-likeness (QED) is 0.854. The fourth-order valence-electron chi connectivity index (χ4n) is 3.02. The molecule has 6 nitrogen and oxygen atoms in total. The Hall–Kier alpha value is -2.76. The number of nitrogens with zero attached hydrogens (tertiary/aromatic N) is 2. The smallest absolute Gasteiger partial charge is 0.222 e. The molecule has 0 bridgehead atoms. The fourth-order valence-corrected chi connectivity index (χ4v) is 3.02. The van der Waals surface area contributed by atoms with E-state index in [9.17, 15) is 0 Å². The number of nitrogens with two attached hydrogens (primary N) is 2. The van der Waals surface area contributed by atoms with Gasteiger partial charge in [0.05, 0.1) is 13.3 Å². The third-order valence-electron chi connectivity index (χ3n) is 4.69. The molecule has 0 spiro atoms. The Bertz CT molecular complexity index is 859. The Kier molecular flexibility index (Phi) is 4.29. The first-order valence-corrected chi connectivity index (χ1v) is 8.32. The molecule has 1 aromatic heterocycles. The highest BCUT2D eigenvalue weighted by Gasteiger charge is 2.32. The van der Waals surface area contributed by atoms with Gasteiger partial charge in [0.1, 0.15) is 11.5 Å². The van der Waals surface area contributed by atoms with Crippen LogP contribution in [0.25, 0.3) is 5.57 Å². The predicted molar refractivity (Wildman–Crippen MR) is 99.8 cm³/mol. The minimum absolute atomic E-state index is 0.122. The lowest BCUT2D eigenvalue weighted by Crippen LogP contribution is -2.03. The molecule has 0 aliphatic heterocycles. The van der Waals surface area contributed by atoms with Gasteiger partial charge in [0.2, 0.25) is 5.95 Å². The van der Waals surface area contributed by atoms with Crippen LogP contribution in [0.3, 0.4) is 0 Å². The van der Waals surface area contributed by atoms with Crippen molar-refractivity contribution in [2.24, 2.45) is 5.92 Å². The largest absolute Gasteiger partial charge is 0.496 e. The number of ether oxygens (including phenoxy) is 2. The van der Waals surface area contributed by atoms with Crippen molar-refractivity contribution >= 4 is 17.3 Å². The van der Waals surface area contributed by atoms with Gasteiger partial charge in [0.15, 0.2) is 11.6 Å². The van der Waals surface area contributed by atoms with Crippen LogP contribution in [0.2, 0.25) is 0 Å². The number of hydrogen-bond donors (Lipinski definition) is 2. The van der Waals surface area contributed by atoms with E-state index in [0.29, 0.717) is 11.7 Å². The van der Waals surface area contributed by atoms with Gasteiger partial charge in [-0.3, -0.25) is 0 Å². The molecule has 0 unspecified atom stereocenters. The van der Waals surface area contributed by atoms with Crippen molar-refractivity contribution in [2.45, 2.75) is 33.6 Å². The number of hydrogen-bond acceptors (Lipinski definition) is 6. The minimum Gasteiger partial charge on any atom is -0.496 e. The monoisotopic (exact) mass is 340 g/mol. The maximum absolute atomic E-state index is 6.06. The molecule has 1 aliphatic rings. The molecule has 0 radical (unpaired) electrons. The summed E-state index contributed by atoms with van der Waals surface area (Å²) in [5.41, 5.74) is 16.2. The van der Waals surface area contributed by atoms with Crippen LogP contribution in [0.4, 0.5) is 11.8 Å². The lowest BCUT2D eigenvalue weighted by Gasteiger charge is -2.18. The molecule has 1 aromatic carbocycles. The summed E-state index contributed by atoms with van der Waals surface area (Å²) < 4.78 is 11.7. The van der Waals surface area contributed by atoms with E-state index in [1.54, 1.807) is 7.11 Å². The molecule has 6 heteroatoms. The Morgan fingerprint density at radius 1 is 1.12 bits per heavy atom.